The number of hydrogen-bond donors (Lipinski definition) is 0. The van der Waals surface area contributed by atoms with E-state index in [4.69, 9.17) is 0 Å². The topological polar surface area (TPSA) is 111 Å². The largest absolute Gasteiger partial charge is 0.466 e. The quantitative estimate of drug-likeness (QED) is 0.419. The summed E-state index contributed by atoms with van der Waals surface area (Å²) in [5.41, 5.74) is -0.919. The van der Waals surface area contributed by atoms with E-state index in [9.17, 15) is 24.9 Å². The maximum atomic E-state index is 13.1. The minimum Gasteiger partial charge on any atom is -0.466 e. The summed E-state index contributed by atoms with van der Waals surface area (Å²) in [7, 11) is 1.21. The Balaban J connectivity index is 2.14. The number of fused-ring (bicyclic) bond motifs is 1. The van der Waals surface area contributed by atoms with Gasteiger partial charge in [0.15, 0.2) is 5.41 Å². The van der Waals surface area contributed by atoms with E-state index in [-0.39, 0.29) is 17.5 Å². The number of carbonyl (C=O) groups excluding carboxylic acids is 3. The first-order chi connectivity index (χ1) is 14.5. The number of carbonyl (C=O) groups is 3. The van der Waals surface area contributed by atoms with Gasteiger partial charge in [0.2, 0.25) is 0 Å². The van der Waals surface area contributed by atoms with Gasteiger partial charge in [-0.2, -0.15) is 10.5 Å². The molecule has 0 aliphatic carbocycles. The Labute approximate surface area is 173 Å². The molecule has 2 amide bonds. The number of nitriles is 2. The number of rotatable bonds is 6. The Morgan fingerprint density at radius 1 is 1.03 bits per heavy atom. The van der Waals surface area contributed by atoms with Crippen LogP contribution in [0.4, 0.5) is 0 Å². The van der Waals surface area contributed by atoms with Crippen LogP contribution in [-0.2, 0) is 9.53 Å². The second kappa shape index (κ2) is 8.42. The predicted molar refractivity (Wildman–Crippen MR) is 106 cm³/mol. The third-order valence-electron chi connectivity index (χ3n) is 4.96. The van der Waals surface area contributed by atoms with Crippen LogP contribution >= 0.6 is 0 Å². The number of esters is 1. The molecule has 3 rings (SSSR count). The number of benzene rings is 2. The summed E-state index contributed by atoms with van der Waals surface area (Å²) in [4.78, 5) is 38.6. The number of amides is 2. The molecular weight excluding hydrogens is 382 g/mol. The van der Waals surface area contributed by atoms with Crippen molar-refractivity contribution in [2.75, 3.05) is 7.11 Å². The zero-order valence-corrected chi connectivity index (χ0v) is 16.1. The summed E-state index contributed by atoms with van der Waals surface area (Å²) in [5, 5.41) is 20.0. The first-order valence-electron chi connectivity index (χ1n) is 9.08. The Bertz CT molecular complexity index is 1060. The lowest BCUT2D eigenvalue weighted by Gasteiger charge is -2.34. The predicted octanol–water partition coefficient (Wildman–Crippen LogP) is 3.18. The SMILES string of the molecule is COC(=O)/C=C/CC(C#N)(C#N)C(c1ccccc1)N1C(=O)c2ccccc2C1=O. The third-order valence-corrected chi connectivity index (χ3v) is 4.96. The summed E-state index contributed by atoms with van der Waals surface area (Å²) < 4.78 is 4.54. The zero-order valence-electron chi connectivity index (χ0n) is 16.1. The minimum absolute atomic E-state index is 0.192. The fourth-order valence-corrected chi connectivity index (χ4v) is 3.49. The van der Waals surface area contributed by atoms with Crippen molar-refractivity contribution in [1.82, 2.24) is 4.90 Å². The molecule has 0 N–H and O–H groups in total. The molecule has 2 aromatic carbocycles. The molecule has 0 saturated heterocycles. The van der Waals surface area contributed by atoms with E-state index in [1.165, 1.54) is 25.3 Å². The minimum atomic E-state index is -1.82. The maximum Gasteiger partial charge on any atom is 0.330 e. The number of allylic oxidation sites excluding steroid dienone is 1. The van der Waals surface area contributed by atoms with Gasteiger partial charge in [0.25, 0.3) is 11.8 Å². The Morgan fingerprint density at radius 3 is 2.07 bits per heavy atom. The van der Waals surface area contributed by atoms with Crippen LogP contribution < -0.4 is 0 Å². The van der Waals surface area contributed by atoms with E-state index < -0.39 is 29.2 Å². The van der Waals surface area contributed by atoms with Crippen molar-refractivity contribution in [2.24, 2.45) is 5.41 Å². The number of ether oxygens (including phenoxy) is 1. The summed E-state index contributed by atoms with van der Waals surface area (Å²) >= 11 is 0. The van der Waals surface area contributed by atoms with Gasteiger partial charge in [0.05, 0.1) is 36.4 Å². The van der Waals surface area contributed by atoms with Gasteiger partial charge in [-0.3, -0.25) is 14.5 Å². The van der Waals surface area contributed by atoms with Crippen LogP contribution in [0.5, 0.6) is 0 Å². The summed E-state index contributed by atoms with van der Waals surface area (Å²) in [6.45, 7) is 0. The fraction of sp³-hybridized carbons (Fsp3) is 0.174. The summed E-state index contributed by atoms with van der Waals surface area (Å²) in [6.07, 6.45) is 2.25. The molecule has 0 saturated carbocycles. The smallest absolute Gasteiger partial charge is 0.330 e. The Hall–Kier alpha value is -4.23. The van der Waals surface area contributed by atoms with Gasteiger partial charge in [-0.05, 0) is 17.7 Å². The molecule has 2 aromatic rings. The molecular formula is C23H17N3O4. The molecule has 148 valence electrons. The highest BCUT2D eigenvalue weighted by atomic mass is 16.5. The first-order valence-corrected chi connectivity index (χ1v) is 9.08. The average Bonchev–Trinajstić information content (AvgIpc) is 3.04. The molecule has 0 spiro atoms. The highest BCUT2D eigenvalue weighted by Crippen LogP contribution is 2.44. The Morgan fingerprint density at radius 2 is 1.57 bits per heavy atom. The number of imide groups is 1. The van der Waals surface area contributed by atoms with E-state index in [2.05, 4.69) is 4.74 Å². The molecule has 0 aromatic heterocycles. The highest BCUT2D eigenvalue weighted by Gasteiger charge is 2.51. The van der Waals surface area contributed by atoms with Crippen LogP contribution in [0.1, 0.15) is 38.7 Å². The molecule has 30 heavy (non-hydrogen) atoms. The average molecular weight is 399 g/mol. The van der Waals surface area contributed by atoms with Crippen molar-refractivity contribution in [1.29, 1.82) is 10.5 Å². The van der Waals surface area contributed by atoms with E-state index in [0.717, 1.165) is 11.0 Å². The number of nitrogens with zero attached hydrogens (tertiary/aromatic N) is 3. The van der Waals surface area contributed by atoms with Gasteiger partial charge in [-0.1, -0.05) is 48.5 Å². The molecule has 0 fully saturated rings. The van der Waals surface area contributed by atoms with Gasteiger partial charge in [-0.15, -0.1) is 0 Å². The Kier molecular flexibility index (Phi) is 5.75. The van der Waals surface area contributed by atoms with Gasteiger partial charge in [-0.25, -0.2) is 4.79 Å². The van der Waals surface area contributed by atoms with Crippen molar-refractivity contribution in [2.45, 2.75) is 12.5 Å². The second-order valence-electron chi connectivity index (χ2n) is 6.66. The number of methoxy groups -OCH3 is 1. The van der Waals surface area contributed by atoms with Crippen LogP contribution in [0, 0.1) is 28.1 Å². The molecule has 1 unspecified atom stereocenters. The molecule has 0 bridgehead atoms. The lowest BCUT2D eigenvalue weighted by Crippen LogP contribution is -2.43. The molecule has 1 heterocycles. The summed E-state index contributed by atoms with van der Waals surface area (Å²) in [5.74, 6) is -1.79. The molecule has 1 aliphatic heterocycles. The molecule has 1 aliphatic rings. The fourth-order valence-electron chi connectivity index (χ4n) is 3.49. The van der Waals surface area contributed by atoms with E-state index >= 15 is 0 Å². The van der Waals surface area contributed by atoms with Gasteiger partial charge in [0, 0.05) is 12.5 Å². The van der Waals surface area contributed by atoms with E-state index in [0.29, 0.717) is 5.56 Å². The lowest BCUT2D eigenvalue weighted by molar-refractivity contribution is -0.134. The van der Waals surface area contributed by atoms with E-state index in [1.54, 1.807) is 42.5 Å². The van der Waals surface area contributed by atoms with Crippen LogP contribution in [-0.4, -0.2) is 29.8 Å². The highest BCUT2D eigenvalue weighted by molar-refractivity contribution is 6.21. The molecule has 0 radical (unpaired) electrons. The lowest BCUT2D eigenvalue weighted by atomic mass is 9.75. The van der Waals surface area contributed by atoms with Gasteiger partial charge >= 0.3 is 5.97 Å². The van der Waals surface area contributed by atoms with Crippen LogP contribution in [0.15, 0.2) is 66.7 Å². The van der Waals surface area contributed by atoms with Crippen molar-refractivity contribution >= 4 is 17.8 Å². The zero-order chi connectivity index (χ0) is 21.7. The van der Waals surface area contributed by atoms with Gasteiger partial charge < -0.3 is 4.74 Å². The summed E-state index contributed by atoms with van der Waals surface area (Å²) in [6, 6.07) is 17.6. The van der Waals surface area contributed by atoms with Crippen LogP contribution in [0.25, 0.3) is 0 Å². The van der Waals surface area contributed by atoms with Crippen molar-refractivity contribution in [3.8, 4) is 12.1 Å². The second-order valence-corrected chi connectivity index (χ2v) is 6.66. The standard InChI is InChI=1S/C23H17N3O4/c1-30-19(27)12-7-13-23(14-24,15-25)20(16-8-3-2-4-9-16)26-21(28)17-10-5-6-11-18(17)22(26)29/h2-12,20H,13H2,1H3/b12-7+. The van der Waals surface area contributed by atoms with Crippen LogP contribution in [0.3, 0.4) is 0 Å². The molecule has 7 heteroatoms. The molecule has 7 nitrogen and oxygen atoms in total. The molecule has 1 atom stereocenters. The van der Waals surface area contributed by atoms with E-state index in [1.807, 2.05) is 12.1 Å². The maximum absolute atomic E-state index is 13.1. The van der Waals surface area contributed by atoms with Crippen molar-refractivity contribution in [3.05, 3.63) is 83.4 Å². The number of hydrogen-bond acceptors (Lipinski definition) is 6. The normalized spacial score (nSPS) is 14.2. The monoisotopic (exact) mass is 399 g/mol. The van der Waals surface area contributed by atoms with Crippen molar-refractivity contribution < 1.29 is 19.1 Å². The van der Waals surface area contributed by atoms with Gasteiger partial charge in [0.1, 0.15) is 0 Å². The first kappa shape index (κ1) is 20.5. The van der Waals surface area contributed by atoms with Crippen molar-refractivity contribution in [3.63, 3.8) is 0 Å². The third kappa shape index (κ3) is 3.45. The van der Waals surface area contributed by atoms with Crippen LogP contribution in [0.2, 0.25) is 0 Å².